The summed E-state index contributed by atoms with van der Waals surface area (Å²) in [5, 5.41) is 8.98. The molecule has 0 aliphatic heterocycles. The molecule has 1 aromatic rings. The largest absolute Gasteiger partial charge is 0.493 e. The first-order valence-corrected chi connectivity index (χ1v) is 6.26. The van der Waals surface area contributed by atoms with Gasteiger partial charge < -0.3 is 19.3 Å². The van der Waals surface area contributed by atoms with Gasteiger partial charge in [0.1, 0.15) is 0 Å². The van der Waals surface area contributed by atoms with Crippen molar-refractivity contribution in [3.63, 3.8) is 0 Å². The second kappa shape index (κ2) is 5.82. The van der Waals surface area contributed by atoms with E-state index in [1.807, 2.05) is 6.07 Å². The van der Waals surface area contributed by atoms with Gasteiger partial charge in [0.2, 0.25) is 5.75 Å². The van der Waals surface area contributed by atoms with E-state index < -0.39 is 5.97 Å². The van der Waals surface area contributed by atoms with Crippen LogP contribution in [-0.2, 0) is 4.79 Å². The van der Waals surface area contributed by atoms with Crippen molar-refractivity contribution in [1.82, 2.24) is 0 Å². The normalized spacial score (nSPS) is 22.0. The molecular formula is C14H18O5. The Kier molecular flexibility index (Phi) is 4.14. The first-order chi connectivity index (χ1) is 9.15. The highest BCUT2D eigenvalue weighted by Crippen LogP contribution is 2.39. The Labute approximate surface area is 112 Å². The first kappa shape index (κ1) is 13.5. The van der Waals surface area contributed by atoms with E-state index in [9.17, 15) is 4.79 Å². The van der Waals surface area contributed by atoms with E-state index in [4.69, 9.17) is 19.3 Å². The minimum absolute atomic E-state index is 0.0814. The van der Waals surface area contributed by atoms with Gasteiger partial charge in [-0.3, -0.25) is 4.79 Å². The molecule has 0 radical (unpaired) electrons. The van der Waals surface area contributed by atoms with E-state index in [1.165, 1.54) is 0 Å². The summed E-state index contributed by atoms with van der Waals surface area (Å²) in [5.74, 6) is 0.694. The highest BCUT2D eigenvalue weighted by Gasteiger charge is 2.31. The summed E-state index contributed by atoms with van der Waals surface area (Å²) < 4.78 is 16.3. The van der Waals surface area contributed by atoms with Crippen molar-refractivity contribution in [2.45, 2.75) is 25.4 Å². The molecule has 0 heterocycles. The standard InChI is InChI=1S/C14H18O5/c1-17-11-4-3-5-12(13(11)18-2)19-10-7-6-9(8-10)14(15)16/h3-5,9-10H,6-8H2,1-2H3,(H,15,16). The topological polar surface area (TPSA) is 65.0 Å². The van der Waals surface area contributed by atoms with Crippen molar-refractivity contribution in [2.24, 2.45) is 5.92 Å². The maximum atomic E-state index is 10.9. The molecule has 104 valence electrons. The van der Waals surface area contributed by atoms with E-state index in [-0.39, 0.29) is 12.0 Å². The van der Waals surface area contributed by atoms with E-state index in [0.29, 0.717) is 30.1 Å². The summed E-state index contributed by atoms with van der Waals surface area (Å²) in [6.07, 6.45) is 1.86. The first-order valence-electron chi connectivity index (χ1n) is 6.26. The molecule has 0 saturated heterocycles. The number of carboxylic acids is 1. The highest BCUT2D eigenvalue weighted by molar-refractivity contribution is 5.70. The molecule has 19 heavy (non-hydrogen) atoms. The monoisotopic (exact) mass is 266 g/mol. The molecule has 5 nitrogen and oxygen atoms in total. The van der Waals surface area contributed by atoms with Crippen molar-refractivity contribution in [2.75, 3.05) is 14.2 Å². The van der Waals surface area contributed by atoms with Crippen LogP contribution in [0.3, 0.4) is 0 Å². The van der Waals surface area contributed by atoms with E-state index in [2.05, 4.69) is 0 Å². The predicted octanol–water partition coefficient (Wildman–Crippen LogP) is 2.34. The zero-order valence-corrected chi connectivity index (χ0v) is 11.1. The zero-order valence-electron chi connectivity index (χ0n) is 11.1. The number of ether oxygens (including phenoxy) is 3. The van der Waals surface area contributed by atoms with Crippen LogP contribution in [-0.4, -0.2) is 31.4 Å². The highest BCUT2D eigenvalue weighted by atomic mass is 16.5. The fourth-order valence-corrected chi connectivity index (χ4v) is 2.40. The third-order valence-electron chi connectivity index (χ3n) is 3.39. The summed E-state index contributed by atoms with van der Waals surface area (Å²) in [7, 11) is 3.12. The van der Waals surface area contributed by atoms with Crippen LogP contribution in [0.1, 0.15) is 19.3 Å². The van der Waals surface area contributed by atoms with Gasteiger partial charge in [0, 0.05) is 0 Å². The Bertz CT molecular complexity index is 457. The minimum atomic E-state index is -0.747. The number of carbonyl (C=O) groups is 1. The fraction of sp³-hybridized carbons (Fsp3) is 0.500. The van der Waals surface area contributed by atoms with Gasteiger partial charge >= 0.3 is 5.97 Å². The van der Waals surface area contributed by atoms with Crippen LogP contribution in [0, 0.1) is 5.92 Å². The fourth-order valence-electron chi connectivity index (χ4n) is 2.40. The molecule has 0 bridgehead atoms. The molecule has 1 aliphatic carbocycles. The van der Waals surface area contributed by atoms with Crippen molar-refractivity contribution in [1.29, 1.82) is 0 Å². The Hall–Kier alpha value is -1.91. The lowest BCUT2D eigenvalue weighted by Crippen LogP contribution is -2.16. The second-order valence-electron chi connectivity index (χ2n) is 4.58. The average Bonchev–Trinajstić information content (AvgIpc) is 2.87. The van der Waals surface area contributed by atoms with Gasteiger partial charge in [0.05, 0.1) is 26.2 Å². The molecular weight excluding hydrogens is 248 g/mol. The molecule has 0 amide bonds. The van der Waals surface area contributed by atoms with E-state index >= 15 is 0 Å². The van der Waals surface area contributed by atoms with Crippen LogP contribution in [0.2, 0.25) is 0 Å². The third-order valence-corrected chi connectivity index (χ3v) is 3.39. The molecule has 0 aromatic heterocycles. The maximum Gasteiger partial charge on any atom is 0.306 e. The Morgan fingerprint density at radius 3 is 2.53 bits per heavy atom. The van der Waals surface area contributed by atoms with Crippen LogP contribution in [0.5, 0.6) is 17.2 Å². The second-order valence-corrected chi connectivity index (χ2v) is 4.58. The Morgan fingerprint density at radius 2 is 1.95 bits per heavy atom. The lowest BCUT2D eigenvalue weighted by Gasteiger charge is -2.17. The minimum Gasteiger partial charge on any atom is -0.493 e. The number of hydrogen-bond donors (Lipinski definition) is 1. The number of rotatable bonds is 5. The van der Waals surface area contributed by atoms with Gasteiger partial charge in [0.15, 0.2) is 11.5 Å². The van der Waals surface area contributed by atoms with Gasteiger partial charge in [-0.05, 0) is 31.4 Å². The zero-order chi connectivity index (χ0) is 13.8. The van der Waals surface area contributed by atoms with Crippen LogP contribution in [0.15, 0.2) is 18.2 Å². The molecule has 1 aromatic carbocycles. The molecule has 1 saturated carbocycles. The number of aliphatic carboxylic acids is 1. The van der Waals surface area contributed by atoms with Gasteiger partial charge in [-0.15, -0.1) is 0 Å². The number of para-hydroxylation sites is 1. The molecule has 1 aliphatic rings. The predicted molar refractivity (Wildman–Crippen MR) is 68.9 cm³/mol. The van der Waals surface area contributed by atoms with Crippen molar-refractivity contribution in [3.8, 4) is 17.2 Å². The van der Waals surface area contributed by atoms with Crippen molar-refractivity contribution in [3.05, 3.63) is 18.2 Å². The number of benzene rings is 1. The lowest BCUT2D eigenvalue weighted by atomic mass is 10.1. The van der Waals surface area contributed by atoms with Crippen LogP contribution >= 0.6 is 0 Å². The molecule has 5 heteroatoms. The Morgan fingerprint density at radius 1 is 1.21 bits per heavy atom. The van der Waals surface area contributed by atoms with E-state index in [0.717, 1.165) is 6.42 Å². The van der Waals surface area contributed by atoms with E-state index in [1.54, 1.807) is 26.4 Å². The van der Waals surface area contributed by atoms with Gasteiger partial charge in [-0.25, -0.2) is 0 Å². The summed E-state index contributed by atoms with van der Waals surface area (Å²) in [4.78, 5) is 10.9. The van der Waals surface area contributed by atoms with Crippen LogP contribution in [0.25, 0.3) is 0 Å². The smallest absolute Gasteiger partial charge is 0.306 e. The molecule has 2 rings (SSSR count). The van der Waals surface area contributed by atoms with Gasteiger partial charge in [0.25, 0.3) is 0 Å². The summed E-state index contributed by atoms with van der Waals surface area (Å²) in [5.41, 5.74) is 0. The van der Waals surface area contributed by atoms with Crippen LogP contribution < -0.4 is 14.2 Å². The Balaban J connectivity index is 2.10. The summed E-state index contributed by atoms with van der Waals surface area (Å²) in [6, 6.07) is 5.41. The SMILES string of the molecule is COc1cccc(OC2CCC(C(=O)O)C2)c1OC. The van der Waals surface area contributed by atoms with Crippen molar-refractivity contribution >= 4 is 5.97 Å². The average molecular weight is 266 g/mol. The number of carboxylic acid groups (broad SMARTS) is 1. The molecule has 1 N–H and O–H groups in total. The molecule has 2 atom stereocenters. The lowest BCUT2D eigenvalue weighted by molar-refractivity contribution is -0.141. The van der Waals surface area contributed by atoms with Crippen LogP contribution in [0.4, 0.5) is 0 Å². The molecule has 2 unspecified atom stereocenters. The maximum absolute atomic E-state index is 10.9. The number of methoxy groups -OCH3 is 2. The molecule has 1 fully saturated rings. The quantitative estimate of drug-likeness (QED) is 0.886. The third kappa shape index (κ3) is 2.92. The van der Waals surface area contributed by atoms with Gasteiger partial charge in [-0.2, -0.15) is 0 Å². The molecule has 0 spiro atoms. The summed E-state index contributed by atoms with van der Waals surface area (Å²) >= 11 is 0. The van der Waals surface area contributed by atoms with Gasteiger partial charge in [-0.1, -0.05) is 6.07 Å². The van der Waals surface area contributed by atoms with Crippen molar-refractivity contribution < 1.29 is 24.1 Å². The summed E-state index contributed by atoms with van der Waals surface area (Å²) in [6.45, 7) is 0. The number of hydrogen-bond acceptors (Lipinski definition) is 4.